The predicted octanol–water partition coefficient (Wildman–Crippen LogP) is 7.95. The van der Waals surface area contributed by atoms with Gasteiger partial charge in [-0.1, -0.05) is 74.4 Å². The number of unbranched alkanes of at least 4 members (excludes halogenated alkanes) is 5. The van der Waals surface area contributed by atoms with Gasteiger partial charge in [0.2, 0.25) is 0 Å². The summed E-state index contributed by atoms with van der Waals surface area (Å²) in [7, 11) is 0. The van der Waals surface area contributed by atoms with E-state index in [1.807, 2.05) is 12.1 Å². The third-order valence-electron chi connectivity index (χ3n) is 4.43. The summed E-state index contributed by atoms with van der Waals surface area (Å²) in [4.78, 5) is 0. The second-order valence-electron chi connectivity index (χ2n) is 7.06. The quantitative estimate of drug-likeness (QED) is 0.225. The predicted molar refractivity (Wildman–Crippen MR) is 125 cm³/mol. The first-order chi connectivity index (χ1) is 13.8. The summed E-state index contributed by atoms with van der Waals surface area (Å²) in [6.45, 7) is 3.19. The summed E-state index contributed by atoms with van der Waals surface area (Å²) in [6, 6.07) is 7.28. The molecule has 28 heavy (non-hydrogen) atoms. The molecule has 0 amide bonds. The molecule has 2 N–H and O–H groups in total. The molecule has 0 saturated heterocycles. The number of hydrogen-bond donors (Lipinski definition) is 2. The number of phenolic OH excluding ortho intramolecular Hbond substituents is 1. The van der Waals surface area contributed by atoms with Crippen molar-refractivity contribution in [1.82, 2.24) is 0 Å². The van der Waals surface area contributed by atoms with Crippen molar-refractivity contribution in [3.63, 3.8) is 0 Å². The molecule has 0 unspecified atom stereocenters. The fourth-order valence-corrected chi connectivity index (χ4v) is 2.80. The SMILES string of the molecule is CCCCCC=CCC=CCC=CCC=CCCCCNc1cccc(O)c1. The molecule has 0 aliphatic heterocycles. The molecule has 0 heterocycles. The highest BCUT2D eigenvalue weighted by molar-refractivity contribution is 5.47. The Hall–Kier alpha value is -2.22. The average molecular weight is 382 g/mol. The minimum atomic E-state index is 0.311. The number of anilines is 1. The summed E-state index contributed by atoms with van der Waals surface area (Å²) >= 11 is 0. The van der Waals surface area contributed by atoms with Gasteiger partial charge in [0.1, 0.15) is 5.75 Å². The zero-order valence-corrected chi connectivity index (χ0v) is 17.7. The molecule has 0 fully saturated rings. The molecule has 1 aromatic carbocycles. The molecule has 0 atom stereocenters. The molecule has 0 radical (unpaired) electrons. The maximum absolute atomic E-state index is 9.41. The third kappa shape index (κ3) is 14.9. The van der Waals surface area contributed by atoms with E-state index in [0.29, 0.717) is 5.75 Å². The van der Waals surface area contributed by atoms with E-state index in [1.54, 1.807) is 12.1 Å². The number of hydrogen-bond acceptors (Lipinski definition) is 2. The van der Waals surface area contributed by atoms with Crippen LogP contribution in [0.4, 0.5) is 5.69 Å². The fourth-order valence-electron chi connectivity index (χ4n) is 2.80. The molecule has 0 aliphatic carbocycles. The second-order valence-corrected chi connectivity index (χ2v) is 7.06. The summed E-state index contributed by atoms with van der Waals surface area (Å²) in [5.41, 5.74) is 0.984. The number of phenols is 1. The van der Waals surface area contributed by atoms with Crippen molar-refractivity contribution >= 4 is 5.69 Å². The van der Waals surface area contributed by atoms with Gasteiger partial charge in [0.25, 0.3) is 0 Å². The Balaban J connectivity index is 1.91. The van der Waals surface area contributed by atoms with E-state index in [1.165, 1.54) is 32.1 Å². The Morgan fingerprint density at radius 1 is 0.750 bits per heavy atom. The van der Waals surface area contributed by atoms with Crippen LogP contribution >= 0.6 is 0 Å². The van der Waals surface area contributed by atoms with E-state index < -0.39 is 0 Å². The lowest BCUT2D eigenvalue weighted by atomic mass is 10.2. The maximum atomic E-state index is 9.41. The number of rotatable bonds is 16. The lowest BCUT2D eigenvalue weighted by molar-refractivity contribution is 0.475. The van der Waals surface area contributed by atoms with Crippen LogP contribution in [-0.2, 0) is 0 Å². The van der Waals surface area contributed by atoms with E-state index in [4.69, 9.17) is 0 Å². The zero-order chi connectivity index (χ0) is 20.1. The molecule has 0 bridgehead atoms. The average Bonchev–Trinajstić information content (AvgIpc) is 2.70. The van der Waals surface area contributed by atoms with E-state index in [-0.39, 0.29) is 0 Å². The Labute approximate surface area is 172 Å². The summed E-state index contributed by atoms with van der Waals surface area (Å²) in [5.74, 6) is 0.311. The van der Waals surface area contributed by atoms with E-state index in [2.05, 4.69) is 60.8 Å². The van der Waals surface area contributed by atoms with Crippen molar-refractivity contribution in [2.45, 2.75) is 71.1 Å². The maximum Gasteiger partial charge on any atom is 0.117 e. The van der Waals surface area contributed by atoms with E-state index >= 15 is 0 Å². The van der Waals surface area contributed by atoms with Gasteiger partial charge in [0.15, 0.2) is 0 Å². The van der Waals surface area contributed by atoms with Gasteiger partial charge < -0.3 is 10.4 Å². The summed E-state index contributed by atoms with van der Waals surface area (Å²) < 4.78 is 0. The minimum absolute atomic E-state index is 0.311. The number of allylic oxidation sites excluding steroid dienone is 8. The van der Waals surface area contributed by atoms with Gasteiger partial charge in [-0.2, -0.15) is 0 Å². The lowest BCUT2D eigenvalue weighted by Gasteiger charge is -2.05. The Morgan fingerprint density at radius 3 is 1.89 bits per heavy atom. The molecule has 2 heteroatoms. The van der Waals surface area contributed by atoms with Crippen molar-refractivity contribution in [3.05, 3.63) is 72.9 Å². The van der Waals surface area contributed by atoms with Crippen LogP contribution in [0.2, 0.25) is 0 Å². The van der Waals surface area contributed by atoms with Crippen LogP contribution in [0.25, 0.3) is 0 Å². The fraction of sp³-hybridized carbons (Fsp3) is 0.462. The molecule has 1 rings (SSSR count). The summed E-state index contributed by atoms with van der Waals surface area (Å²) in [6.07, 6.45) is 29.8. The zero-order valence-electron chi connectivity index (χ0n) is 17.7. The molecule has 0 saturated carbocycles. The molecular formula is C26H39NO. The van der Waals surface area contributed by atoms with Crippen LogP contribution in [0.3, 0.4) is 0 Å². The van der Waals surface area contributed by atoms with Gasteiger partial charge in [-0.15, -0.1) is 0 Å². The van der Waals surface area contributed by atoms with Gasteiger partial charge in [-0.05, 0) is 63.5 Å². The van der Waals surface area contributed by atoms with E-state index in [9.17, 15) is 5.11 Å². The van der Waals surface area contributed by atoms with Gasteiger partial charge >= 0.3 is 0 Å². The van der Waals surface area contributed by atoms with Crippen molar-refractivity contribution in [2.24, 2.45) is 0 Å². The Bertz CT molecular complexity index is 598. The summed E-state index contributed by atoms with van der Waals surface area (Å²) in [5, 5.41) is 12.7. The van der Waals surface area contributed by atoms with Crippen LogP contribution in [0, 0.1) is 0 Å². The van der Waals surface area contributed by atoms with Crippen molar-refractivity contribution in [3.8, 4) is 5.75 Å². The van der Waals surface area contributed by atoms with Gasteiger partial charge in [-0.25, -0.2) is 0 Å². The largest absolute Gasteiger partial charge is 0.508 e. The smallest absolute Gasteiger partial charge is 0.117 e. The van der Waals surface area contributed by atoms with Crippen LogP contribution in [0.5, 0.6) is 5.75 Å². The highest BCUT2D eigenvalue weighted by atomic mass is 16.3. The van der Waals surface area contributed by atoms with Gasteiger partial charge in [-0.3, -0.25) is 0 Å². The van der Waals surface area contributed by atoms with Crippen LogP contribution in [0.15, 0.2) is 72.9 Å². The highest BCUT2D eigenvalue weighted by Gasteiger charge is 1.92. The monoisotopic (exact) mass is 381 g/mol. The number of benzene rings is 1. The molecule has 2 nitrogen and oxygen atoms in total. The topological polar surface area (TPSA) is 32.3 Å². The lowest BCUT2D eigenvalue weighted by Crippen LogP contribution is -2.00. The van der Waals surface area contributed by atoms with Crippen molar-refractivity contribution in [2.75, 3.05) is 11.9 Å². The molecular weight excluding hydrogens is 342 g/mol. The molecule has 154 valence electrons. The molecule has 0 aliphatic rings. The Morgan fingerprint density at radius 2 is 1.32 bits per heavy atom. The Kier molecular flexibility index (Phi) is 15.4. The van der Waals surface area contributed by atoms with Crippen LogP contribution in [0.1, 0.15) is 71.1 Å². The number of aromatic hydroxyl groups is 1. The standard InChI is InChI=1S/C26H39NO/c1-2-3-4-5-6-7-8-9-10-11-12-13-14-15-16-17-18-19-23-27-25-21-20-22-26(28)24-25/h6-7,9-10,12-13,15-16,20-22,24,27-28H,2-5,8,11,14,17-19,23H2,1H3. The highest BCUT2D eigenvalue weighted by Crippen LogP contribution is 2.15. The molecule has 0 aromatic heterocycles. The molecule has 1 aromatic rings. The van der Waals surface area contributed by atoms with E-state index in [0.717, 1.165) is 44.3 Å². The molecule has 0 spiro atoms. The first-order valence-corrected chi connectivity index (χ1v) is 11.0. The second kappa shape index (κ2) is 18.2. The first-order valence-electron chi connectivity index (χ1n) is 11.0. The van der Waals surface area contributed by atoms with Gasteiger partial charge in [0.05, 0.1) is 0 Å². The van der Waals surface area contributed by atoms with Crippen molar-refractivity contribution in [1.29, 1.82) is 0 Å². The first kappa shape index (κ1) is 23.8. The normalized spacial score (nSPS) is 12.2. The minimum Gasteiger partial charge on any atom is -0.508 e. The third-order valence-corrected chi connectivity index (χ3v) is 4.43. The van der Waals surface area contributed by atoms with Crippen molar-refractivity contribution < 1.29 is 5.11 Å². The van der Waals surface area contributed by atoms with Crippen LogP contribution < -0.4 is 5.32 Å². The number of nitrogens with one attached hydrogen (secondary N) is 1. The van der Waals surface area contributed by atoms with Gasteiger partial charge in [0, 0.05) is 18.3 Å². The van der Waals surface area contributed by atoms with Crippen LogP contribution in [-0.4, -0.2) is 11.7 Å².